The molecule has 2 rings (SSSR count). The lowest BCUT2D eigenvalue weighted by atomic mass is 9.86. The Hall–Kier alpha value is -1.36. The Labute approximate surface area is 101 Å². The Bertz CT molecular complexity index is 388. The zero-order chi connectivity index (χ0) is 12.3. The fourth-order valence-corrected chi connectivity index (χ4v) is 2.38. The van der Waals surface area contributed by atoms with Crippen LogP contribution in [0.5, 0.6) is 0 Å². The lowest BCUT2D eigenvalue weighted by Gasteiger charge is -2.26. The smallest absolute Gasteiger partial charge is 0.271 e. The van der Waals surface area contributed by atoms with Gasteiger partial charge in [0.15, 0.2) is 0 Å². The summed E-state index contributed by atoms with van der Waals surface area (Å²) in [6.45, 7) is 0.711. The van der Waals surface area contributed by atoms with Gasteiger partial charge in [-0.3, -0.25) is 9.48 Å². The van der Waals surface area contributed by atoms with E-state index in [0.717, 1.165) is 19.3 Å². The predicted molar refractivity (Wildman–Crippen MR) is 65.5 cm³/mol. The number of hydrogen-bond acceptors (Lipinski definition) is 3. The van der Waals surface area contributed by atoms with Gasteiger partial charge in [-0.25, -0.2) is 0 Å². The third kappa shape index (κ3) is 3.30. The lowest BCUT2D eigenvalue weighted by molar-refractivity contribution is 0.0936. The summed E-state index contributed by atoms with van der Waals surface area (Å²) in [5.41, 5.74) is 6.40. The van der Waals surface area contributed by atoms with Crippen molar-refractivity contribution in [3.63, 3.8) is 0 Å². The number of carbonyl (C=O) groups excluding carboxylic acids is 1. The minimum atomic E-state index is -0.0928. The highest BCUT2D eigenvalue weighted by molar-refractivity contribution is 5.92. The van der Waals surface area contributed by atoms with Crippen LogP contribution < -0.4 is 11.1 Å². The molecule has 3 N–H and O–H groups in total. The van der Waals surface area contributed by atoms with E-state index in [2.05, 4.69) is 10.4 Å². The Kier molecular flexibility index (Phi) is 3.78. The first-order valence-electron chi connectivity index (χ1n) is 6.18. The number of nitrogens with two attached hydrogens (primary N) is 1. The number of aryl methyl sites for hydroxylation is 1. The summed E-state index contributed by atoms with van der Waals surface area (Å²) in [4.78, 5) is 11.8. The first-order chi connectivity index (χ1) is 8.15. The van der Waals surface area contributed by atoms with Gasteiger partial charge >= 0.3 is 0 Å². The van der Waals surface area contributed by atoms with Crippen molar-refractivity contribution in [3.05, 3.63) is 18.0 Å². The molecule has 1 amide bonds. The van der Waals surface area contributed by atoms with Crippen LogP contribution in [0.15, 0.2) is 12.3 Å². The summed E-state index contributed by atoms with van der Waals surface area (Å²) < 4.78 is 1.63. The van der Waals surface area contributed by atoms with E-state index in [1.165, 1.54) is 6.42 Å². The Balaban J connectivity index is 1.80. The highest BCUT2D eigenvalue weighted by Crippen LogP contribution is 2.22. The van der Waals surface area contributed by atoms with E-state index in [-0.39, 0.29) is 5.91 Å². The molecule has 5 nitrogen and oxygen atoms in total. The second kappa shape index (κ2) is 5.31. The normalized spacial score (nSPS) is 24.6. The van der Waals surface area contributed by atoms with E-state index in [1.54, 1.807) is 24.0 Å². The zero-order valence-corrected chi connectivity index (χ0v) is 10.2. The molecule has 1 saturated carbocycles. The van der Waals surface area contributed by atoms with Crippen molar-refractivity contribution in [2.45, 2.75) is 31.7 Å². The maximum absolute atomic E-state index is 11.8. The van der Waals surface area contributed by atoms with Crippen LogP contribution in [-0.4, -0.2) is 28.3 Å². The molecule has 0 spiro atoms. The average molecular weight is 236 g/mol. The molecule has 17 heavy (non-hydrogen) atoms. The number of nitrogens with zero attached hydrogens (tertiary/aromatic N) is 2. The van der Waals surface area contributed by atoms with Gasteiger partial charge in [-0.05, 0) is 31.2 Å². The van der Waals surface area contributed by atoms with Crippen LogP contribution in [0.1, 0.15) is 36.2 Å². The van der Waals surface area contributed by atoms with Crippen LogP contribution in [0.3, 0.4) is 0 Å². The molecule has 0 saturated heterocycles. The number of rotatable bonds is 3. The maximum Gasteiger partial charge on any atom is 0.271 e. The van der Waals surface area contributed by atoms with Gasteiger partial charge in [0.25, 0.3) is 5.91 Å². The van der Waals surface area contributed by atoms with E-state index in [9.17, 15) is 4.79 Å². The van der Waals surface area contributed by atoms with Crippen LogP contribution in [0.4, 0.5) is 0 Å². The second-order valence-corrected chi connectivity index (χ2v) is 4.88. The molecular formula is C12H20N4O. The molecule has 1 aromatic heterocycles. The van der Waals surface area contributed by atoms with Crippen molar-refractivity contribution in [2.75, 3.05) is 6.54 Å². The predicted octanol–water partition coefficient (Wildman–Crippen LogP) is 0.667. The summed E-state index contributed by atoms with van der Waals surface area (Å²) in [5, 5.41) is 7.00. The van der Waals surface area contributed by atoms with E-state index in [0.29, 0.717) is 24.2 Å². The minimum Gasteiger partial charge on any atom is -0.350 e. The standard InChI is InChI=1S/C12H20N4O/c1-16-6-5-11(15-16)12(17)14-8-9-3-2-4-10(13)7-9/h5-6,9-10H,2-4,7-8,13H2,1H3,(H,14,17). The molecule has 2 atom stereocenters. The molecule has 1 aliphatic carbocycles. The third-order valence-electron chi connectivity index (χ3n) is 3.32. The van der Waals surface area contributed by atoms with E-state index < -0.39 is 0 Å². The van der Waals surface area contributed by atoms with Crippen LogP contribution in [0, 0.1) is 5.92 Å². The first-order valence-corrected chi connectivity index (χ1v) is 6.18. The number of amides is 1. The highest BCUT2D eigenvalue weighted by atomic mass is 16.1. The largest absolute Gasteiger partial charge is 0.350 e. The Morgan fingerprint density at radius 2 is 2.47 bits per heavy atom. The molecule has 5 heteroatoms. The molecular weight excluding hydrogens is 216 g/mol. The van der Waals surface area contributed by atoms with Crippen molar-refractivity contribution >= 4 is 5.91 Å². The topological polar surface area (TPSA) is 72.9 Å². The summed E-state index contributed by atoms with van der Waals surface area (Å²) in [6, 6.07) is 2.03. The molecule has 1 aromatic rings. The van der Waals surface area contributed by atoms with Crippen molar-refractivity contribution in [2.24, 2.45) is 18.7 Å². The zero-order valence-electron chi connectivity index (χ0n) is 10.2. The summed E-state index contributed by atoms with van der Waals surface area (Å²) >= 11 is 0. The fourth-order valence-electron chi connectivity index (χ4n) is 2.38. The third-order valence-corrected chi connectivity index (χ3v) is 3.32. The van der Waals surface area contributed by atoms with Crippen LogP contribution in [0.25, 0.3) is 0 Å². The van der Waals surface area contributed by atoms with Gasteiger partial charge in [0.2, 0.25) is 0 Å². The van der Waals surface area contributed by atoms with Gasteiger partial charge in [0.1, 0.15) is 5.69 Å². The van der Waals surface area contributed by atoms with E-state index in [4.69, 9.17) is 5.73 Å². The van der Waals surface area contributed by atoms with E-state index >= 15 is 0 Å². The van der Waals surface area contributed by atoms with Crippen LogP contribution in [-0.2, 0) is 7.05 Å². The molecule has 94 valence electrons. The number of carbonyl (C=O) groups is 1. The summed E-state index contributed by atoms with van der Waals surface area (Å²) in [5.74, 6) is 0.427. The fraction of sp³-hybridized carbons (Fsp3) is 0.667. The number of nitrogens with one attached hydrogen (secondary N) is 1. The molecule has 0 aliphatic heterocycles. The molecule has 2 unspecified atom stereocenters. The van der Waals surface area contributed by atoms with Gasteiger partial charge in [0, 0.05) is 25.8 Å². The minimum absolute atomic E-state index is 0.0928. The van der Waals surface area contributed by atoms with Crippen LogP contribution in [0.2, 0.25) is 0 Å². The summed E-state index contributed by atoms with van der Waals surface area (Å²) in [6.07, 6.45) is 6.24. The highest BCUT2D eigenvalue weighted by Gasteiger charge is 2.20. The van der Waals surface area contributed by atoms with Gasteiger partial charge in [0.05, 0.1) is 0 Å². The molecule has 1 fully saturated rings. The molecule has 0 radical (unpaired) electrons. The van der Waals surface area contributed by atoms with Crippen molar-refractivity contribution < 1.29 is 4.79 Å². The van der Waals surface area contributed by atoms with Crippen LogP contribution >= 0.6 is 0 Å². The molecule has 0 aromatic carbocycles. The monoisotopic (exact) mass is 236 g/mol. The molecule has 1 heterocycles. The van der Waals surface area contributed by atoms with Crippen molar-refractivity contribution in [1.29, 1.82) is 0 Å². The Morgan fingerprint density at radius 3 is 3.12 bits per heavy atom. The quantitative estimate of drug-likeness (QED) is 0.810. The van der Waals surface area contributed by atoms with Crippen molar-refractivity contribution in [3.8, 4) is 0 Å². The Morgan fingerprint density at radius 1 is 1.65 bits per heavy atom. The van der Waals surface area contributed by atoms with Gasteiger partial charge < -0.3 is 11.1 Å². The number of aromatic nitrogens is 2. The van der Waals surface area contributed by atoms with Gasteiger partial charge in [-0.2, -0.15) is 5.10 Å². The maximum atomic E-state index is 11.8. The lowest BCUT2D eigenvalue weighted by Crippen LogP contribution is -2.35. The molecule has 1 aliphatic rings. The van der Waals surface area contributed by atoms with Gasteiger partial charge in [-0.15, -0.1) is 0 Å². The SMILES string of the molecule is Cn1ccc(C(=O)NCC2CCCC(N)C2)n1. The van der Waals surface area contributed by atoms with Crippen molar-refractivity contribution in [1.82, 2.24) is 15.1 Å². The van der Waals surface area contributed by atoms with Gasteiger partial charge in [-0.1, -0.05) is 6.42 Å². The summed E-state index contributed by atoms with van der Waals surface area (Å²) in [7, 11) is 1.80. The number of hydrogen-bond donors (Lipinski definition) is 2. The van der Waals surface area contributed by atoms with E-state index in [1.807, 2.05) is 0 Å². The first kappa shape index (κ1) is 12.1. The average Bonchev–Trinajstić information content (AvgIpc) is 2.73. The second-order valence-electron chi connectivity index (χ2n) is 4.88. The molecule has 0 bridgehead atoms.